The number of aromatic nitrogens is 4. The van der Waals surface area contributed by atoms with E-state index in [-0.39, 0.29) is 28.8 Å². The normalized spacial score (nSPS) is 12.0. The van der Waals surface area contributed by atoms with Gasteiger partial charge in [0.05, 0.1) is 12.6 Å². The number of pyridine rings is 1. The number of carbonyl (C=O) groups is 2. The van der Waals surface area contributed by atoms with E-state index in [1.165, 1.54) is 43.7 Å². The predicted octanol–water partition coefficient (Wildman–Crippen LogP) is 4.94. The summed E-state index contributed by atoms with van der Waals surface area (Å²) in [7, 11) is 1.23. The molecule has 0 aliphatic rings. The zero-order valence-electron chi connectivity index (χ0n) is 24.1. The van der Waals surface area contributed by atoms with E-state index in [0.717, 1.165) is 16.3 Å². The van der Waals surface area contributed by atoms with Gasteiger partial charge in [0, 0.05) is 30.0 Å². The second-order valence-corrected chi connectivity index (χ2v) is 10.4. The van der Waals surface area contributed by atoms with Crippen molar-refractivity contribution in [1.29, 1.82) is 0 Å². The second kappa shape index (κ2) is 12.3. The predicted molar refractivity (Wildman–Crippen MR) is 151 cm³/mol. The number of carbonyl (C=O) groups excluding carboxylic acids is 1. The summed E-state index contributed by atoms with van der Waals surface area (Å²) in [6.07, 6.45) is -2.87. The SMILES string of the molecule is CCn1c(CCCc2ccc(OC(C)(C)C(=O)O)cc2)nn(CC(=O)c2ccc3nc(C(F)(F)F)cc(OC)c3c2)c1=O. The Bertz CT molecular complexity index is 1710. The fourth-order valence-corrected chi connectivity index (χ4v) is 4.51. The summed E-state index contributed by atoms with van der Waals surface area (Å²) in [5.41, 5.74) is -1.72. The van der Waals surface area contributed by atoms with Crippen molar-refractivity contribution < 1.29 is 37.3 Å². The first-order chi connectivity index (χ1) is 20.2. The van der Waals surface area contributed by atoms with Crippen LogP contribution in [0.2, 0.25) is 0 Å². The zero-order valence-corrected chi connectivity index (χ0v) is 24.1. The van der Waals surface area contributed by atoms with Crippen LogP contribution in [0.4, 0.5) is 13.2 Å². The van der Waals surface area contributed by atoms with Crippen LogP contribution in [0, 0.1) is 0 Å². The van der Waals surface area contributed by atoms with Gasteiger partial charge in [0.25, 0.3) is 0 Å². The monoisotopic (exact) mass is 600 g/mol. The number of ketones is 1. The number of aliphatic carboxylic acids is 1. The van der Waals surface area contributed by atoms with E-state index in [1.807, 2.05) is 12.1 Å². The number of methoxy groups -OCH3 is 1. The molecule has 0 saturated carbocycles. The molecule has 4 aromatic rings. The Labute approximate surface area is 244 Å². The highest BCUT2D eigenvalue weighted by atomic mass is 19.4. The van der Waals surface area contributed by atoms with Crippen LogP contribution in [0.1, 0.15) is 54.6 Å². The number of halogens is 3. The van der Waals surface area contributed by atoms with Crippen LogP contribution in [0.5, 0.6) is 11.5 Å². The van der Waals surface area contributed by atoms with E-state index in [0.29, 0.717) is 37.4 Å². The van der Waals surface area contributed by atoms with Crippen molar-refractivity contribution in [3.63, 3.8) is 0 Å². The zero-order chi connectivity index (χ0) is 31.5. The molecule has 2 aromatic heterocycles. The average molecular weight is 601 g/mol. The number of fused-ring (bicyclic) bond motifs is 1. The third kappa shape index (κ3) is 7.04. The number of Topliss-reactive ketones (excluding diaryl/α,β-unsaturated/α-hetero) is 1. The molecule has 0 spiro atoms. The fraction of sp³-hybridized carbons (Fsp3) is 0.367. The lowest BCUT2D eigenvalue weighted by Gasteiger charge is -2.21. The van der Waals surface area contributed by atoms with E-state index in [4.69, 9.17) is 9.47 Å². The van der Waals surface area contributed by atoms with Gasteiger partial charge < -0.3 is 14.6 Å². The number of ether oxygens (including phenoxy) is 2. The largest absolute Gasteiger partial charge is 0.496 e. The lowest BCUT2D eigenvalue weighted by atomic mass is 10.1. The summed E-state index contributed by atoms with van der Waals surface area (Å²) >= 11 is 0. The number of rotatable bonds is 12. The molecule has 10 nitrogen and oxygen atoms in total. The molecule has 43 heavy (non-hydrogen) atoms. The lowest BCUT2D eigenvalue weighted by Crippen LogP contribution is -2.37. The molecule has 4 rings (SSSR count). The van der Waals surface area contributed by atoms with Gasteiger partial charge in [-0.15, -0.1) is 0 Å². The third-order valence-electron chi connectivity index (χ3n) is 6.89. The molecule has 0 bridgehead atoms. The molecule has 0 aliphatic carbocycles. The van der Waals surface area contributed by atoms with Crippen LogP contribution in [0.3, 0.4) is 0 Å². The topological polar surface area (TPSA) is 126 Å². The van der Waals surface area contributed by atoms with E-state index < -0.39 is 34.9 Å². The first kappa shape index (κ1) is 31.3. The number of hydrogen-bond acceptors (Lipinski definition) is 7. The van der Waals surface area contributed by atoms with Crippen molar-refractivity contribution >= 4 is 22.7 Å². The number of carboxylic acid groups (broad SMARTS) is 1. The summed E-state index contributed by atoms with van der Waals surface area (Å²) in [6.45, 7) is 4.74. The van der Waals surface area contributed by atoms with Gasteiger partial charge in [-0.2, -0.15) is 18.3 Å². The van der Waals surface area contributed by atoms with Gasteiger partial charge >= 0.3 is 17.8 Å². The van der Waals surface area contributed by atoms with Crippen LogP contribution >= 0.6 is 0 Å². The van der Waals surface area contributed by atoms with Crippen LogP contribution < -0.4 is 15.2 Å². The van der Waals surface area contributed by atoms with Crippen molar-refractivity contribution in [3.05, 3.63) is 81.7 Å². The van der Waals surface area contributed by atoms with Crippen molar-refractivity contribution in [2.75, 3.05) is 7.11 Å². The minimum absolute atomic E-state index is 0.0178. The molecule has 0 aliphatic heterocycles. The van der Waals surface area contributed by atoms with E-state index in [9.17, 15) is 32.7 Å². The quantitative estimate of drug-likeness (QED) is 0.227. The summed E-state index contributed by atoms with van der Waals surface area (Å²) in [5.74, 6) is -0.642. The maximum atomic E-state index is 13.2. The summed E-state index contributed by atoms with van der Waals surface area (Å²) in [6, 6.07) is 11.9. The summed E-state index contributed by atoms with van der Waals surface area (Å²) in [5, 5.41) is 13.9. The Morgan fingerprint density at radius 2 is 1.72 bits per heavy atom. The lowest BCUT2D eigenvalue weighted by molar-refractivity contribution is -0.152. The molecular formula is C30H31F3N4O6. The van der Waals surface area contributed by atoms with Crippen molar-refractivity contribution in [2.24, 2.45) is 0 Å². The minimum atomic E-state index is -4.66. The van der Waals surface area contributed by atoms with Gasteiger partial charge in [0.2, 0.25) is 0 Å². The molecule has 1 N–H and O–H groups in total. The molecule has 0 fully saturated rings. The van der Waals surface area contributed by atoms with Crippen LogP contribution in [-0.4, -0.2) is 48.9 Å². The number of alkyl halides is 3. The molecule has 0 saturated heterocycles. The minimum Gasteiger partial charge on any atom is -0.496 e. The maximum absolute atomic E-state index is 13.2. The van der Waals surface area contributed by atoms with Gasteiger partial charge in [-0.25, -0.2) is 19.3 Å². The van der Waals surface area contributed by atoms with Crippen LogP contribution in [-0.2, 0) is 36.9 Å². The number of benzene rings is 2. The number of nitrogens with zero attached hydrogens (tertiary/aromatic N) is 4. The standard InChI is InChI=1S/C30H31F3N4O6/c1-5-36-26(8-6-7-18-9-12-20(13-10-18)43-29(2,3)27(39)40)35-37(28(36)41)17-23(38)19-11-14-22-21(15-19)24(42-4)16-25(34-22)30(31,32)33/h9-16H,5-8,17H2,1-4H3,(H,39,40). The van der Waals surface area contributed by atoms with Gasteiger partial charge in [-0.05, 0) is 69.5 Å². The van der Waals surface area contributed by atoms with E-state index >= 15 is 0 Å². The molecule has 13 heteroatoms. The van der Waals surface area contributed by atoms with Crippen molar-refractivity contribution in [1.82, 2.24) is 19.3 Å². The van der Waals surface area contributed by atoms with Crippen molar-refractivity contribution in [2.45, 2.75) is 64.9 Å². The van der Waals surface area contributed by atoms with Gasteiger partial charge in [0.15, 0.2) is 11.4 Å². The third-order valence-corrected chi connectivity index (χ3v) is 6.89. The number of aryl methyl sites for hydroxylation is 2. The highest BCUT2D eigenvalue weighted by molar-refractivity contribution is 6.00. The first-order valence-corrected chi connectivity index (χ1v) is 13.5. The van der Waals surface area contributed by atoms with Crippen molar-refractivity contribution in [3.8, 4) is 11.5 Å². The molecule has 0 unspecified atom stereocenters. The van der Waals surface area contributed by atoms with Crippen LogP contribution in [0.15, 0.2) is 53.3 Å². The average Bonchev–Trinajstić information content (AvgIpc) is 3.25. The second-order valence-electron chi connectivity index (χ2n) is 10.4. The summed E-state index contributed by atoms with van der Waals surface area (Å²) in [4.78, 5) is 41.0. The smallest absolute Gasteiger partial charge is 0.433 e. The Morgan fingerprint density at radius 3 is 2.33 bits per heavy atom. The van der Waals surface area contributed by atoms with E-state index in [2.05, 4.69) is 10.1 Å². The highest BCUT2D eigenvalue weighted by Gasteiger charge is 2.34. The number of carboxylic acids is 1. The molecule has 0 radical (unpaired) electrons. The number of hydrogen-bond donors (Lipinski definition) is 1. The Kier molecular flexibility index (Phi) is 8.93. The molecule has 2 aromatic carbocycles. The highest BCUT2D eigenvalue weighted by Crippen LogP contribution is 2.34. The van der Waals surface area contributed by atoms with Gasteiger partial charge in [-0.3, -0.25) is 9.36 Å². The van der Waals surface area contributed by atoms with Gasteiger partial charge in [0.1, 0.15) is 29.6 Å². The Morgan fingerprint density at radius 1 is 1.02 bits per heavy atom. The fourth-order valence-electron chi connectivity index (χ4n) is 4.51. The Hall–Kier alpha value is -4.68. The molecule has 0 amide bonds. The molecule has 2 heterocycles. The first-order valence-electron chi connectivity index (χ1n) is 13.5. The molecule has 228 valence electrons. The maximum Gasteiger partial charge on any atom is 0.433 e. The Balaban J connectivity index is 1.45. The van der Waals surface area contributed by atoms with Crippen LogP contribution in [0.25, 0.3) is 10.9 Å². The van der Waals surface area contributed by atoms with E-state index in [1.54, 1.807) is 19.1 Å². The molecule has 0 atom stereocenters. The van der Waals surface area contributed by atoms with Gasteiger partial charge in [-0.1, -0.05) is 12.1 Å². The summed E-state index contributed by atoms with van der Waals surface area (Å²) < 4.78 is 52.8. The molecular weight excluding hydrogens is 569 g/mol.